The predicted molar refractivity (Wildman–Crippen MR) is 72.2 cm³/mol. The standard InChI is InChI=1S/C13H27NOS/c1-5-8-14-12-6-7-13(9-12)16(15)11(4)10(2)3/h10-14H,5-9H2,1-4H3. The van der Waals surface area contributed by atoms with Crippen molar-refractivity contribution in [1.29, 1.82) is 0 Å². The molecule has 0 heterocycles. The average Bonchev–Trinajstić information content (AvgIpc) is 2.72. The highest BCUT2D eigenvalue weighted by Gasteiger charge is 2.31. The number of rotatable bonds is 6. The van der Waals surface area contributed by atoms with E-state index in [1.54, 1.807) is 0 Å². The highest BCUT2D eigenvalue weighted by Crippen LogP contribution is 2.27. The Morgan fingerprint density at radius 1 is 1.31 bits per heavy atom. The van der Waals surface area contributed by atoms with Gasteiger partial charge in [0.1, 0.15) is 0 Å². The maximum atomic E-state index is 12.3. The van der Waals surface area contributed by atoms with Gasteiger partial charge < -0.3 is 5.32 Å². The molecule has 1 fully saturated rings. The first-order valence-electron chi connectivity index (χ1n) is 6.69. The van der Waals surface area contributed by atoms with E-state index in [1.807, 2.05) is 0 Å². The Bertz CT molecular complexity index is 230. The SMILES string of the molecule is CCCNC1CCC(S(=O)C(C)C(C)C)C1. The second-order valence-corrected chi connectivity index (χ2v) is 7.43. The van der Waals surface area contributed by atoms with Gasteiger partial charge in [0, 0.05) is 27.3 Å². The molecule has 4 atom stereocenters. The monoisotopic (exact) mass is 245 g/mol. The van der Waals surface area contributed by atoms with E-state index in [0.717, 1.165) is 19.4 Å². The third-order valence-electron chi connectivity index (χ3n) is 3.70. The van der Waals surface area contributed by atoms with Gasteiger partial charge in [-0.05, 0) is 38.1 Å². The Kier molecular flexibility index (Phi) is 5.98. The Morgan fingerprint density at radius 2 is 2.00 bits per heavy atom. The van der Waals surface area contributed by atoms with Crippen LogP contribution in [0.25, 0.3) is 0 Å². The fourth-order valence-electron chi connectivity index (χ4n) is 2.26. The number of hydrogen-bond acceptors (Lipinski definition) is 2. The number of nitrogens with one attached hydrogen (secondary N) is 1. The van der Waals surface area contributed by atoms with Gasteiger partial charge in [-0.2, -0.15) is 0 Å². The van der Waals surface area contributed by atoms with Gasteiger partial charge in [0.05, 0.1) is 0 Å². The summed E-state index contributed by atoms with van der Waals surface area (Å²) in [5, 5.41) is 4.33. The van der Waals surface area contributed by atoms with Gasteiger partial charge in [0.25, 0.3) is 0 Å². The Balaban J connectivity index is 2.37. The lowest BCUT2D eigenvalue weighted by molar-refractivity contribution is 0.522. The van der Waals surface area contributed by atoms with Gasteiger partial charge in [-0.15, -0.1) is 0 Å². The topological polar surface area (TPSA) is 29.1 Å². The van der Waals surface area contributed by atoms with E-state index >= 15 is 0 Å². The van der Waals surface area contributed by atoms with E-state index in [0.29, 0.717) is 22.5 Å². The minimum atomic E-state index is -0.636. The fourth-order valence-corrected chi connectivity index (χ4v) is 4.19. The van der Waals surface area contributed by atoms with E-state index in [4.69, 9.17) is 0 Å². The third kappa shape index (κ3) is 3.85. The molecular formula is C13H27NOS. The van der Waals surface area contributed by atoms with E-state index in [9.17, 15) is 4.21 Å². The summed E-state index contributed by atoms with van der Waals surface area (Å²) < 4.78 is 12.3. The van der Waals surface area contributed by atoms with Crippen LogP contribution >= 0.6 is 0 Å². The van der Waals surface area contributed by atoms with Crippen LogP contribution in [0.2, 0.25) is 0 Å². The predicted octanol–water partition coefficient (Wildman–Crippen LogP) is 2.70. The van der Waals surface area contributed by atoms with E-state index in [2.05, 4.69) is 33.0 Å². The first kappa shape index (κ1) is 14.2. The molecule has 0 bridgehead atoms. The van der Waals surface area contributed by atoms with Crippen molar-refractivity contribution < 1.29 is 4.21 Å². The van der Waals surface area contributed by atoms with Gasteiger partial charge in [0.2, 0.25) is 0 Å². The normalized spacial score (nSPS) is 29.6. The summed E-state index contributed by atoms with van der Waals surface area (Å²) in [6.45, 7) is 9.77. The van der Waals surface area contributed by atoms with Crippen molar-refractivity contribution >= 4 is 10.8 Å². The molecular weight excluding hydrogens is 218 g/mol. The van der Waals surface area contributed by atoms with Crippen LogP contribution in [-0.4, -0.2) is 27.3 Å². The molecule has 4 unspecified atom stereocenters. The smallest absolute Gasteiger partial charge is 0.0366 e. The molecule has 96 valence electrons. The third-order valence-corrected chi connectivity index (χ3v) is 6.06. The Labute approximate surface area is 103 Å². The lowest BCUT2D eigenvalue weighted by Gasteiger charge is -2.20. The summed E-state index contributed by atoms with van der Waals surface area (Å²) in [4.78, 5) is 0. The zero-order valence-corrected chi connectivity index (χ0v) is 12.0. The van der Waals surface area contributed by atoms with Crippen LogP contribution in [0, 0.1) is 5.92 Å². The first-order chi connectivity index (χ1) is 7.56. The molecule has 1 rings (SSSR count). The number of hydrogen-bond donors (Lipinski definition) is 1. The van der Waals surface area contributed by atoms with Gasteiger partial charge >= 0.3 is 0 Å². The van der Waals surface area contributed by atoms with Crippen molar-refractivity contribution in [3.05, 3.63) is 0 Å². The van der Waals surface area contributed by atoms with Crippen LogP contribution in [0.3, 0.4) is 0 Å². The molecule has 0 saturated heterocycles. The molecule has 1 aliphatic carbocycles. The zero-order chi connectivity index (χ0) is 12.1. The quantitative estimate of drug-likeness (QED) is 0.779. The molecule has 3 heteroatoms. The van der Waals surface area contributed by atoms with Crippen molar-refractivity contribution in [2.75, 3.05) is 6.54 Å². The summed E-state index contributed by atoms with van der Waals surface area (Å²) in [5.74, 6) is 0.531. The van der Waals surface area contributed by atoms with Crippen molar-refractivity contribution in [3.63, 3.8) is 0 Å². The summed E-state index contributed by atoms with van der Waals surface area (Å²) >= 11 is 0. The molecule has 0 amide bonds. The van der Waals surface area contributed by atoms with Gasteiger partial charge in [-0.3, -0.25) is 4.21 Å². The zero-order valence-electron chi connectivity index (χ0n) is 11.2. The second-order valence-electron chi connectivity index (χ2n) is 5.36. The molecule has 1 aliphatic rings. The lowest BCUT2D eigenvalue weighted by Crippen LogP contribution is -2.30. The van der Waals surface area contributed by atoms with Crippen molar-refractivity contribution in [3.8, 4) is 0 Å². The fraction of sp³-hybridized carbons (Fsp3) is 1.00. The average molecular weight is 245 g/mol. The maximum absolute atomic E-state index is 12.3. The van der Waals surface area contributed by atoms with E-state index in [-0.39, 0.29) is 0 Å². The molecule has 0 aromatic rings. The van der Waals surface area contributed by atoms with E-state index in [1.165, 1.54) is 12.8 Å². The lowest BCUT2D eigenvalue weighted by atomic mass is 10.2. The summed E-state index contributed by atoms with van der Waals surface area (Å²) in [5.41, 5.74) is 0. The van der Waals surface area contributed by atoms with Crippen LogP contribution < -0.4 is 5.32 Å². The van der Waals surface area contributed by atoms with Crippen LogP contribution in [0.4, 0.5) is 0 Å². The van der Waals surface area contributed by atoms with Crippen LogP contribution in [0.5, 0.6) is 0 Å². The highest BCUT2D eigenvalue weighted by molar-refractivity contribution is 7.86. The summed E-state index contributed by atoms with van der Waals surface area (Å²) in [7, 11) is -0.636. The highest BCUT2D eigenvalue weighted by atomic mass is 32.2. The second kappa shape index (κ2) is 6.75. The van der Waals surface area contributed by atoms with Gasteiger partial charge in [-0.1, -0.05) is 27.7 Å². The molecule has 16 heavy (non-hydrogen) atoms. The molecule has 0 radical (unpaired) electrons. The molecule has 1 saturated carbocycles. The Morgan fingerprint density at radius 3 is 2.56 bits per heavy atom. The van der Waals surface area contributed by atoms with Gasteiger partial charge in [0.15, 0.2) is 0 Å². The summed E-state index contributed by atoms with van der Waals surface area (Å²) in [6.07, 6.45) is 4.66. The largest absolute Gasteiger partial charge is 0.314 e. The molecule has 1 N–H and O–H groups in total. The molecule has 0 aromatic heterocycles. The summed E-state index contributed by atoms with van der Waals surface area (Å²) in [6, 6.07) is 0.619. The van der Waals surface area contributed by atoms with Crippen LogP contribution in [0.15, 0.2) is 0 Å². The van der Waals surface area contributed by atoms with Crippen molar-refractivity contribution in [2.45, 2.75) is 69.9 Å². The maximum Gasteiger partial charge on any atom is 0.0366 e. The molecule has 0 aromatic carbocycles. The molecule has 0 aliphatic heterocycles. The molecule has 0 spiro atoms. The minimum Gasteiger partial charge on any atom is -0.314 e. The van der Waals surface area contributed by atoms with Crippen LogP contribution in [-0.2, 0) is 10.8 Å². The molecule has 2 nitrogen and oxygen atoms in total. The van der Waals surface area contributed by atoms with Crippen molar-refractivity contribution in [1.82, 2.24) is 5.32 Å². The first-order valence-corrected chi connectivity index (χ1v) is 7.96. The van der Waals surface area contributed by atoms with Crippen LogP contribution in [0.1, 0.15) is 53.4 Å². The Hall–Kier alpha value is 0.110. The minimum absolute atomic E-state index is 0.343. The van der Waals surface area contributed by atoms with Gasteiger partial charge in [-0.25, -0.2) is 0 Å². The van der Waals surface area contributed by atoms with E-state index < -0.39 is 10.8 Å². The van der Waals surface area contributed by atoms with Crippen molar-refractivity contribution in [2.24, 2.45) is 5.92 Å².